The normalized spacial score (nSPS) is 12.0. The van der Waals surface area contributed by atoms with E-state index in [2.05, 4.69) is 40.3 Å². The summed E-state index contributed by atoms with van der Waals surface area (Å²) in [5.41, 5.74) is 3.63. The first-order valence-electron chi connectivity index (χ1n) is 12.1. The first-order valence-corrected chi connectivity index (χ1v) is 13.0. The summed E-state index contributed by atoms with van der Waals surface area (Å²) in [6, 6.07) is 27.3. The van der Waals surface area contributed by atoms with Crippen LogP contribution in [0.4, 0.5) is 15.8 Å². The van der Waals surface area contributed by atoms with Gasteiger partial charge in [-0.25, -0.2) is 4.39 Å². The number of rotatable bonds is 7. The molecule has 2 N–H and O–H groups in total. The molecule has 0 fully saturated rings. The molecule has 5 rings (SSSR count). The molecular formula is C30H26FN3O2S. The Bertz CT molecular complexity index is 1610. The van der Waals surface area contributed by atoms with Crippen LogP contribution in [0.3, 0.4) is 0 Å². The molecule has 37 heavy (non-hydrogen) atoms. The number of fused-ring (bicyclic) bond motifs is 3. The fraction of sp³-hybridized carbons (Fsp3) is 0.133. The summed E-state index contributed by atoms with van der Waals surface area (Å²) in [5.74, 6) is -1.17. The Labute approximate surface area is 218 Å². The molecule has 0 spiro atoms. The van der Waals surface area contributed by atoms with Crippen LogP contribution in [0.15, 0.2) is 95.9 Å². The van der Waals surface area contributed by atoms with E-state index in [-0.39, 0.29) is 16.7 Å². The zero-order valence-electron chi connectivity index (χ0n) is 20.5. The van der Waals surface area contributed by atoms with E-state index < -0.39 is 11.7 Å². The van der Waals surface area contributed by atoms with Gasteiger partial charge in [-0.2, -0.15) is 0 Å². The summed E-state index contributed by atoms with van der Waals surface area (Å²) in [7, 11) is 0. The summed E-state index contributed by atoms with van der Waals surface area (Å²) in [4.78, 5) is 26.2. The Balaban J connectivity index is 1.24. The van der Waals surface area contributed by atoms with E-state index >= 15 is 0 Å². The van der Waals surface area contributed by atoms with Gasteiger partial charge < -0.3 is 15.2 Å². The van der Waals surface area contributed by atoms with Gasteiger partial charge in [0.2, 0.25) is 5.91 Å². The SMILES string of the molecule is CCn1c2ccccc2c2cc(NC(=O)C(C)Sc3ccc(NC(=O)c4ccccc4F)cc3)ccc21. The van der Waals surface area contributed by atoms with E-state index in [1.54, 1.807) is 24.3 Å². The van der Waals surface area contributed by atoms with E-state index in [9.17, 15) is 14.0 Å². The first-order chi connectivity index (χ1) is 17.9. The molecule has 7 heteroatoms. The van der Waals surface area contributed by atoms with Gasteiger partial charge in [-0.15, -0.1) is 11.8 Å². The van der Waals surface area contributed by atoms with Crippen LogP contribution in [0.1, 0.15) is 24.2 Å². The monoisotopic (exact) mass is 511 g/mol. The molecule has 1 atom stereocenters. The van der Waals surface area contributed by atoms with Crippen molar-refractivity contribution in [3.8, 4) is 0 Å². The van der Waals surface area contributed by atoms with Crippen molar-refractivity contribution in [2.75, 3.05) is 10.6 Å². The lowest BCUT2D eigenvalue weighted by atomic mass is 10.1. The van der Waals surface area contributed by atoms with E-state index in [1.807, 2.05) is 43.3 Å². The van der Waals surface area contributed by atoms with Crippen LogP contribution < -0.4 is 10.6 Å². The Kier molecular flexibility index (Phi) is 6.97. The lowest BCUT2D eigenvalue weighted by molar-refractivity contribution is -0.115. The van der Waals surface area contributed by atoms with E-state index in [1.165, 1.54) is 34.8 Å². The molecule has 5 nitrogen and oxygen atoms in total. The largest absolute Gasteiger partial charge is 0.341 e. The number of anilines is 2. The molecule has 1 unspecified atom stereocenters. The second-order valence-corrected chi connectivity index (χ2v) is 10.1. The van der Waals surface area contributed by atoms with Crippen molar-refractivity contribution >= 4 is 56.8 Å². The standard InChI is InChI=1S/C30H26FN3O2S/c1-3-34-27-11-7-5-8-23(27)25-18-21(14-17-28(25)34)33-29(35)19(2)37-22-15-12-20(13-16-22)32-30(36)24-9-4-6-10-26(24)31/h4-19H,3H2,1-2H3,(H,32,36)(H,33,35). The second-order valence-electron chi connectivity index (χ2n) is 8.70. The minimum absolute atomic E-state index is 0.0105. The maximum Gasteiger partial charge on any atom is 0.258 e. The number of nitrogens with one attached hydrogen (secondary N) is 2. The maximum absolute atomic E-state index is 13.8. The van der Waals surface area contributed by atoms with Crippen molar-refractivity contribution in [2.24, 2.45) is 0 Å². The van der Waals surface area contributed by atoms with Gasteiger partial charge in [0.25, 0.3) is 5.91 Å². The molecule has 0 aliphatic rings. The van der Waals surface area contributed by atoms with Crippen LogP contribution >= 0.6 is 11.8 Å². The Hall–Kier alpha value is -4.10. The molecule has 4 aromatic carbocycles. The van der Waals surface area contributed by atoms with Gasteiger partial charge in [0.15, 0.2) is 0 Å². The Morgan fingerprint density at radius 3 is 2.27 bits per heavy atom. The van der Waals surface area contributed by atoms with Crippen molar-refractivity contribution in [3.05, 3.63) is 102 Å². The first kappa shape index (κ1) is 24.6. The highest BCUT2D eigenvalue weighted by molar-refractivity contribution is 8.00. The minimum atomic E-state index is -0.567. The number of aryl methyl sites for hydroxylation is 1. The third kappa shape index (κ3) is 5.08. The van der Waals surface area contributed by atoms with Gasteiger partial charge in [0, 0.05) is 44.6 Å². The van der Waals surface area contributed by atoms with Crippen LogP contribution in [0.5, 0.6) is 0 Å². The fourth-order valence-electron chi connectivity index (χ4n) is 4.43. The molecule has 0 bridgehead atoms. The number of carbonyl (C=O) groups is 2. The summed E-state index contributed by atoms with van der Waals surface area (Å²) >= 11 is 1.42. The van der Waals surface area contributed by atoms with Gasteiger partial charge in [0.1, 0.15) is 5.82 Å². The van der Waals surface area contributed by atoms with Crippen LogP contribution in [0.2, 0.25) is 0 Å². The van der Waals surface area contributed by atoms with E-state index in [4.69, 9.17) is 0 Å². The van der Waals surface area contributed by atoms with Gasteiger partial charge in [-0.05, 0) is 74.5 Å². The predicted molar refractivity (Wildman–Crippen MR) is 150 cm³/mol. The van der Waals surface area contributed by atoms with Gasteiger partial charge >= 0.3 is 0 Å². The lowest BCUT2D eigenvalue weighted by Gasteiger charge is -2.13. The number of benzene rings is 4. The fourth-order valence-corrected chi connectivity index (χ4v) is 5.30. The van der Waals surface area contributed by atoms with E-state index in [0.717, 1.165) is 28.0 Å². The van der Waals surface area contributed by atoms with Gasteiger partial charge in [-0.1, -0.05) is 30.3 Å². The quantitative estimate of drug-likeness (QED) is 0.225. The highest BCUT2D eigenvalue weighted by Crippen LogP contribution is 2.32. The summed E-state index contributed by atoms with van der Waals surface area (Å²) < 4.78 is 16.1. The molecule has 1 heterocycles. The van der Waals surface area contributed by atoms with Crippen LogP contribution in [0, 0.1) is 5.82 Å². The number of carbonyl (C=O) groups excluding carboxylic acids is 2. The smallest absolute Gasteiger partial charge is 0.258 e. The third-order valence-electron chi connectivity index (χ3n) is 6.27. The molecule has 0 aliphatic carbocycles. The van der Waals surface area contributed by atoms with Crippen LogP contribution in [0.25, 0.3) is 21.8 Å². The Morgan fingerprint density at radius 1 is 0.838 bits per heavy atom. The van der Waals surface area contributed by atoms with Gasteiger partial charge in [-0.3, -0.25) is 9.59 Å². The predicted octanol–water partition coefficient (Wildman–Crippen LogP) is 7.33. The Morgan fingerprint density at radius 2 is 1.51 bits per heavy atom. The molecule has 186 valence electrons. The van der Waals surface area contributed by atoms with Crippen molar-refractivity contribution in [1.82, 2.24) is 4.57 Å². The average molecular weight is 512 g/mol. The number of para-hydroxylation sites is 1. The minimum Gasteiger partial charge on any atom is -0.341 e. The topological polar surface area (TPSA) is 63.1 Å². The molecule has 2 amide bonds. The number of halogens is 1. The summed E-state index contributed by atoms with van der Waals surface area (Å²) in [5, 5.41) is 7.68. The molecular weight excluding hydrogens is 485 g/mol. The number of amides is 2. The van der Waals surface area contributed by atoms with Crippen LogP contribution in [-0.4, -0.2) is 21.6 Å². The van der Waals surface area contributed by atoms with Crippen LogP contribution in [-0.2, 0) is 11.3 Å². The van der Waals surface area contributed by atoms with Crippen molar-refractivity contribution in [3.63, 3.8) is 0 Å². The number of nitrogens with zero attached hydrogens (tertiary/aromatic N) is 1. The zero-order valence-corrected chi connectivity index (χ0v) is 21.3. The number of hydrogen-bond acceptors (Lipinski definition) is 3. The molecule has 0 saturated carbocycles. The maximum atomic E-state index is 13.8. The van der Waals surface area contributed by atoms with E-state index in [0.29, 0.717) is 5.69 Å². The third-order valence-corrected chi connectivity index (χ3v) is 7.38. The second kappa shape index (κ2) is 10.5. The highest BCUT2D eigenvalue weighted by Gasteiger charge is 2.17. The molecule has 0 radical (unpaired) electrons. The lowest BCUT2D eigenvalue weighted by Crippen LogP contribution is -2.22. The zero-order chi connectivity index (χ0) is 25.9. The highest BCUT2D eigenvalue weighted by atomic mass is 32.2. The molecule has 1 aromatic heterocycles. The number of thioether (sulfide) groups is 1. The molecule has 0 saturated heterocycles. The summed E-state index contributed by atoms with van der Waals surface area (Å²) in [6.07, 6.45) is 0. The molecule has 0 aliphatic heterocycles. The van der Waals surface area contributed by atoms with Gasteiger partial charge in [0.05, 0.1) is 10.8 Å². The van der Waals surface area contributed by atoms with Crippen molar-refractivity contribution in [1.29, 1.82) is 0 Å². The number of aromatic nitrogens is 1. The summed E-state index contributed by atoms with van der Waals surface area (Å²) in [6.45, 7) is 4.86. The van der Waals surface area contributed by atoms with Crippen molar-refractivity contribution in [2.45, 2.75) is 30.5 Å². The average Bonchev–Trinajstić information content (AvgIpc) is 3.23. The number of hydrogen-bond donors (Lipinski definition) is 2. The molecule has 5 aromatic rings. The van der Waals surface area contributed by atoms with Crippen molar-refractivity contribution < 1.29 is 14.0 Å².